The number of aromatic hydroxyl groups is 1. The summed E-state index contributed by atoms with van der Waals surface area (Å²) in [5.74, 6) is -5.22. The third-order valence-electron chi connectivity index (χ3n) is 7.14. The molecule has 2 fully saturated rings. The number of hydrogen-bond donors (Lipinski definition) is 3. The number of imide groups is 1. The van der Waals surface area contributed by atoms with E-state index in [0.717, 1.165) is 4.90 Å². The Hall–Kier alpha value is -3.52. The van der Waals surface area contributed by atoms with Crippen molar-refractivity contribution >= 4 is 29.3 Å². The summed E-state index contributed by atoms with van der Waals surface area (Å²) in [6, 6.07) is 11.7. The Morgan fingerprint density at radius 2 is 1.73 bits per heavy atom. The number of para-hydroxylation sites is 1. The van der Waals surface area contributed by atoms with Gasteiger partial charge in [-0.25, -0.2) is 4.90 Å². The third-order valence-corrected chi connectivity index (χ3v) is 7.14. The number of nitrogens with one attached hydrogen (secondary N) is 1. The summed E-state index contributed by atoms with van der Waals surface area (Å²) in [6.45, 7) is 4.99. The van der Waals surface area contributed by atoms with Crippen molar-refractivity contribution < 1.29 is 29.4 Å². The number of carboxylic acid groups (broad SMARTS) is 1. The van der Waals surface area contributed by atoms with E-state index in [4.69, 9.17) is 0 Å². The van der Waals surface area contributed by atoms with Crippen LogP contribution in [0.15, 0.2) is 48.5 Å². The maximum Gasteiger partial charge on any atom is 0.325 e. The molecule has 0 aromatic heterocycles. The van der Waals surface area contributed by atoms with Gasteiger partial charge in [-0.15, -0.1) is 0 Å². The predicted molar refractivity (Wildman–Crippen MR) is 120 cm³/mol. The van der Waals surface area contributed by atoms with Gasteiger partial charge in [0.05, 0.1) is 17.5 Å². The average molecular weight is 450 g/mol. The Labute approximate surface area is 191 Å². The van der Waals surface area contributed by atoms with Crippen molar-refractivity contribution in [3.8, 4) is 5.75 Å². The molecule has 0 aliphatic carbocycles. The second-order valence-electron chi connectivity index (χ2n) is 8.78. The first-order valence-corrected chi connectivity index (χ1v) is 10.9. The summed E-state index contributed by atoms with van der Waals surface area (Å²) in [6.07, 6.45) is 0.463. The molecular formula is C25H26N2O6. The van der Waals surface area contributed by atoms with Crippen molar-refractivity contribution in [2.45, 2.75) is 38.8 Å². The number of carboxylic acids is 1. The molecule has 172 valence electrons. The van der Waals surface area contributed by atoms with E-state index < -0.39 is 47.1 Å². The van der Waals surface area contributed by atoms with Gasteiger partial charge < -0.3 is 10.2 Å². The number of rotatable bonds is 6. The molecule has 0 saturated carbocycles. The quantitative estimate of drug-likeness (QED) is 0.457. The molecule has 3 N–H and O–H groups in total. The molecular weight excluding hydrogens is 424 g/mol. The van der Waals surface area contributed by atoms with E-state index in [0.29, 0.717) is 17.5 Å². The normalized spacial score (nSPS) is 27.5. The number of amides is 2. The van der Waals surface area contributed by atoms with Crippen LogP contribution in [0.5, 0.6) is 5.75 Å². The Bertz CT molecular complexity index is 1140. The van der Waals surface area contributed by atoms with Gasteiger partial charge in [0, 0.05) is 17.2 Å². The number of phenolic OH excluding ortho intramolecular Hbond substituents is 1. The Kier molecular flexibility index (Phi) is 5.57. The van der Waals surface area contributed by atoms with Crippen LogP contribution in [-0.4, -0.2) is 39.3 Å². The van der Waals surface area contributed by atoms with Crippen LogP contribution in [0.25, 0.3) is 0 Å². The van der Waals surface area contributed by atoms with Gasteiger partial charge in [0.15, 0.2) is 5.78 Å². The van der Waals surface area contributed by atoms with Crippen LogP contribution in [0.2, 0.25) is 0 Å². The molecule has 2 aliphatic heterocycles. The molecule has 5 atom stereocenters. The summed E-state index contributed by atoms with van der Waals surface area (Å²) in [4.78, 5) is 52.7. The molecule has 4 rings (SSSR count). The third kappa shape index (κ3) is 3.24. The number of carbonyl (C=O) groups excluding carboxylic acids is 3. The smallest absolute Gasteiger partial charge is 0.325 e. The molecule has 2 aromatic carbocycles. The first-order chi connectivity index (χ1) is 15.6. The number of anilines is 1. The molecule has 0 spiro atoms. The number of ketones is 1. The molecule has 2 heterocycles. The maximum atomic E-state index is 13.7. The first kappa shape index (κ1) is 22.7. The Balaban J connectivity index is 1.87. The Morgan fingerprint density at radius 3 is 2.27 bits per heavy atom. The number of Topliss-reactive ketones (excluding diaryl/α,β-unsaturated/α-hetero) is 1. The molecule has 0 bridgehead atoms. The molecule has 2 aromatic rings. The molecule has 33 heavy (non-hydrogen) atoms. The predicted octanol–water partition coefficient (Wildman–Crippen LogP) is 2.91. The zero-order chi connectivity index (χ0) is 24.1. The molecule has 5 unspecified atom stereocenters. The van der Waals surface area contributed by atoms with Crippen molar-refractivity contribution in [1.82, 2.24) is 5.32 Å². The summed E-state index contributed by atoms with van der Waals surface area (Å²) < 4.78 is 0. The van der Waals surface area contributed by atoms with Gasteiger partial charge in [0.25, 0.3) is 0 Å². The minimum absolute atomic E-state index is 0.0800. The van der Waals surface area contributed by atoms with Crippen LogP contribution in [0, 0.1) is 17.8 Å². The zero-order valence-corrected chi connectivity index (χ0v) is 18.6. The molecule has 2 saturated heterocycles. The highest BCUT2D eigenvalue weighted by Crippen LogP contribution is 2.53. The van der Waals surface area contributed by atoms with E-state index in [9.17, 15) is 29.4 Å². The SMILES string of the molecule is CCC(C)C1(C(=O)O)NC(c2ccccc2O)C2C(=O)N(c3ccc(C(C)=O)cc3)C(=O)C21. The number of nitrogens with zero attached hydrogens (tertiary/aromatic N) is 1. The van der Waals surface area contributed by atoms with Crippen LogP contribution in [0.4, 0.5) is 5.69 Å². The van der Waals surface area contributed by atoms with Crippen LogP contribution >= 0.6 is 0 Å². The standard InChI is InChI=1S/C25H26N2O6/c1-4-13(2)25(24(32)33)20-19(21(26-25)17-7-5-6-8-18(17)29)22(30)27(23(20)31)16-11-9-15(10-12-16)14(3)28/h5-13,19-21,26,29H,4H2,1-3H3,(H,32,33). The van der Waals surface area contributed by atoms with Crippen molar-refractivity contribution in [2.24, 2.45) is 17.8 Å². The van der Waals surface area contributed by atoms with Gasteiger partial charge in [0.2, 0.25) is 11.8 Å². The van der Waals surface area contributed by atoms with Gasteiger partial charge in [-0.05, 0) is 43.2 Å². The van der Waals surface area contributed by atoms with Gasteiger partial charge in [-0.1, -0.05) is 38.5 Å². The van der Waals surface area contributed by atoms with E-state index in [1.165, 1.54) is 37.3 Å². The minimum Gasteiger partial charge on any atom is -0.508 e. The lowest BCUT2D eigenvalue weighted by Crippen LogP contribution is -2.59. The van der Waals surface area contributed by atoms with E-state index in [1.807, 2.05) is 6.92 Å². The zero-order valence-electron chi connectivity index (χ0n) is 18.6. The van der Waals surface area contributed by atoms with Crippen molar-refractivity contribution in [3.05, 3.63) is 59.7 Å². The van der Waals surface area contributed by atoms with Crippen LogP contribution in [0.1, 0.15) is 49.2 Å². The van der Waals surface area contributed by atoms with Crippen LogP contribution in [-0.2, 0) is 14.4 Å². The molecule has 2 amide bonds. The summed E-state index contributed by atoms with van der Waals surface area (Å²) in [5, 5.41) is 23.9. The van der Waals surface area contributed by atoms with E-state index in [2.05, 4.69) is 5.32 Å². The van der Waals surface area contributed by atoms with Crippen LogP contribution in [0.3, 0.4) is 0 Å². The fourth-order valence-corrected chi connectivity index (χ4v) is 5.24. The first-order valence-electron chi connectivity index (χ1n) is 10.9. The largest absolute Gasteiger partial charge is 0.508 e. The number of aliphatic carboxylic acids is 1. The number of phenols is 1. The second-order valence-corrected chi connectivity index (χ2v) is 8.78. The van der Waals surface area contributed by atoms with Crippen molar-refractivity contribution in [3.63, 3.8) is 0 Å². The fourth-order valence-electron chi connectivity index (χ4n) is 5.24. The highest BCUT2D eigenvalue weighted by molar-refractivity contribution is 6.24. The summed E-state index contributed by atoms with van der Waals surface area (Å²) >= 11 is 0. The fraction of sp³-hybridized carbons (Fsp3) is 0.360. The number of carbonyl (C=O) groups is 4. The molecule has 0 radical (unpaired) electrons. The molecule has 8 nitrogen and oxygen atoms in total. The summed E-state index contributed by atoms with van der Waals surface area (Å²) in [7, 11) is 0. The van der Waals surface area contributed by atoms with Gasteiger partial charge in [-0.2, -0.15) is 0 Å². The second kappa shape index (κ2) is 8.12. The van der Waals surface area contributed by atoms with Crippen molar-refractivity contribution in [1.29, 1.82) is 0 Å². The van der Waals surface area contributed by atoms with E-state index in [1.54, 1.807) is 25.1 Å². The van der Waals surface area contributed by atoms with Crippen molar-refractivity contribution in [2.75, 3.05) is 4.90 Å². The number of fused-ring (bicyclic) bond motifs is 1. The van der Waals surface area contributed by atoms with Gasteiger partial charge >= 0.3 is 5.97 Å². The number of benzene rings is 2. The lowest BCUT2D eigenvalue weighted by molar-refractivity contribution is -0.151. The Morgan fingerprint density at radius 1 is 1.09 bits per heavy atom. The summed E-state index contributed by atoms with van der Waals surface area (Å²) in [5.41, 5.74) is -0.600. The van der Waals surface area contributed by atoms with Crippen LogP contribution < -0.4 is 10.2 Å². The van der Waals surface area contributed by atoms with E-state index >= 15 is 0 Å². The lowest BCUT2D eigenvalue weighted by Gasteiger charge is -2.36. The highest BCUT2D eigenvalue weighted by atomic mass is 16.4. The highest BCUT2D eigenvalue weighted by Gasteiger charge is 2.70. The van der Waals surface area contributed by atoms with Gasteiger partial charge in [0.1, 0.15) is 11.3 Å². The van der Waals surface area contributed by atoms with E-state index in [-0.39, 0.29) is 17.2 Å². The molecule has 8 heteroatoms. The number of hydrogen-bond acceptors (Lipinski definition) is 6. The topological polar surface area (TPSA) is 124 Å². The average Bonchev–Trinajstić information content (AvgIpc) is 3.28. The lowest BCUT2D eigenvalue weighted by atomic mass is 9.72. The molecule has 2 aliphatic rings. The van der Waals surface area contributed by atoms with Gasteiger partial charge in [-0.3, -0.25) is 24.5 Å². The maximum absolute atomic E-state index is 13.7. The minimum atomic E-state index is -1.69. The monoisotopic (exact) mass is 450 g/mol.